The summed E-state index contributed by atoms with van der Waals surface area (Å²) in [5, 5.41) is 18.8. The van der Waals surface area contributed by atoms with Crippen LogP contribution in [0.1, 0.15) is 6.42 Å². The van der Waals surface area contributed by atoms with Gasteiger partial charge in [-0.2, -0.15) is 0 Å². The van der Waals surface area contributed by atoms with Gasteiger partial charge in [-0.3, -0.25) is 4.79 Å². The molecule has 0 bridgehead atoms. The fourth-order valence-corrected chi connectivity index (χ4v) is 2.21. The lowest BCUT2D eigenvalue weighted by Gasteiger charge is -2.35. The zero-order valence-corrected chi connectivity index (χ0v) is 11.0. The monoisotopic (exact) mass is 283 g/mol. The van der Waals surface area contributed by atoms with E-state index in [1.54, 1.807) is 6.07 Å². The van der Waals surface area contributed by atoms with E-state index in [9.17, 15) is 14.3 Å². The van der Waals surface area contributed by atoms with Crippen molar-refractivity contribution in [3.63, 3.8) is 0 Å². The Morgan fingerprint density at radius 3 is 2.95 bits per heavy atom. The highest BCUT2D eigenvalue weighted by molar-refractivity contribution is 5.77. The molecule has 2 rings (SSSR count). The van der Waals surface area contributed by atoms with E-state index in [4.69, 9.17) is 9.84 Å². The van der Waals surface area contributed by atoms with Gasteiger partial charge in [0.15, 0.2) is 6.61 Å². The van der Waals surface area contributed by atoms with E-state index in [0.717, 1.165) is 0 Å². The Kier molecular flexibility index (Phi) is 4.92. The predicted molar refractivity (Wildman–Crippen MR) is 69.7 cm³/mol. The first kappa shape index (κ1) is 14.7. The van der Waals surface area contributed by atoms with Crippen LogP contribution in [0.15, 0.2) is 24.3 Å². The van der Waals surface area contributed by atoms with E-state index in [0.29, 0.717) is 18.7 Å². The molecule has 110 valence electrons. The Morgan fingerprint density at radius 1 is 1.50 bits per heavy atom. The number of carbonyl (C=O) groups is 1. The van der Waals surface area contributed by atoms with E-state index in [2.05, 4.69) is 0 Å². The lowest BCUT2D eigenvalue weighted by Crippen LogP contribution is -2.48. The number of benzene rings is 1. The molecule has 0 saturated carbocycles. The molecule has 1 saturated heterocycles. The first-order chi connectivity index (χ1) is 9.60. The summed E-state index contributed by atoms with van der Waals surface area (Å²) in [6, 6.07) is 5.58. The maximum absolute atomic E-state index is 12.9. The average molecular weight is 283 g/mol. The molecule has 20 heavy (non-hydrogen) atoms. The smallest absolute Gasteiger partial charge is 0.260 e. The Labute approximate surface area is 116 Å². The van der Waals surface area contributed by atoms with Gasteiger partial charge in [0.1, 0.15) is 11.6 Å². The molecule has 1 amide bonds. The molecular weight excluding hydrogens is 265 g/mol. The number of aliphatic hydroxyl groups excluding tert-OH is 2. The zero-order valence-electron chi connectivity index (χ0n) is 11.0. The van der Waals surface area contributed by atoms with Gasteiger partial charge in [0.05, 0.1) is 6.10 Å². The lowest BCUT2D eigenvalue weighted by molar-refractivity contribution is -0.138. The van der Waals surface area contributed by atoms with Gasteiger partial charge in [-0.25, -0.2) is 4.39 Å². The largest absolute Gasteiger partial charge is 0.484 e. The molecular formula is C14H18FNO4. The van der Waals surface area contributed by atoms with Crippen LogP contribution in [0.25, 0.3) is 0 Å². The number of ether oxygens (including phenoxy) is 1. The number of carbonyl (C=O) groups excluding carboxylic acids is 1. The van der Waals surface area contributed by atoms with Crippen LogP contribution in [0.2, 0.25) is 0 Å². The Hall–Kier alpha value is -1.66. The molecule has 1 aromatic carbocycles. The number of nitrogens with zero attached hydrogens (tertiary/aromatic N) is 1. The number of rotatable bonds is 4. The second kappa shape index (κ2) is 6.67. The van der Waals surface area contributed by atoms with Crippen LogP contribution in [0, 0.1) is 11.7 Å². The molecule has 2 N–H and O–H groups in total. The number of amides is 1. The van der Waals surface area contributed by atoms with Crippen molar-refractivity contribution >= 4 is 5.91 Å². The Morgan fingerprint density at radius 2 is 2.30 bits per heavy atom. The van der Waals surface area contributed by atoms with E-state index in [1.807, 2.05) is 0 Å². The molecule has 0 aromatic heterocycles. The Balaban J connectivity index is 1.83. The summed E-state index contributed by atoms with van der Waals surface area (Å²) in [4.78, 5) is 13.4. The lowest BCUT2D eigenvalue weighted by atomic mass is 9.95. The molecule has 1 heterocycles. The molecule has 5 nitrogen and oxygen atoms in total. The standard InChI is InChI=1S/C14H18FNO4/c15-11-2-1-3-12(6-11)20-9-14(19)16-5-4-10(8-17)13(18)7-16/h1-3,6,10,13,17-18H,4-5,7-9H2/t10-,13-/m1/s1. The fraction of sp³-hybridized carbons (Fsp3) is 0.500. The van der Waals surface area contributed by atoms with Gasteiger partial charge in [-0.05, 0) is 18.6 Å². The van der Waals surface area contributed by atoms with E-state index in [1.165, 1.54) is 23.1 Å². The minimum absolute atomic E-state index is 0.0804. The summed E-state index contributed by atoms with van der Waals surface area (Å²) in [5.41, 5.74) is 0. The van der Waals surface area contributed by atoms with E-state index in [-0.39, 0.29) is 31.6 Å². The van der Waals surface area contributed by atoms with Gasteiger partial charge in [0.2, 0.25) is 0 Å². The number of likely N-dealkylation sites (tertiary alicyclic amines) is 1. The van der Waals surface area contributed by atoms with Crippen molar-refractivity contribution in [3.05, 3.63) is 30.1 Å². The van der Waals surface area contributed by atoms with Gasteiger partial charge >= 0.3 is 0 Å². The summed E-state index contributed by atoms with van der Waals surface area (Å²) >= 11 is 0. The highest BCUT2D eigenvalue weighted by Gasteiger charge is 2.29. The summed E-state index contributed by atoms with van der Waals surface area (Å²) in [6.07, 6.45) is -0.157. The summed E-state index contributed by atoms with van der Waals surface area (Å²) in [6.45, 7) is 0.396. The second-order valence-corrected chi connectivity index (χ2v) is 4.88. The van der Waals surface area contributed by atoms with Crippen LogP contribution in [0.4, 0.5) is 4.39 Å². The predicted octanol–water partition coefficient (Wildman–Crippen LogP) is 0.406. The van der Waals surface area contributed by atoms with Crippen molar-refractivity contribution < 1.29 is 24.1 Å². The third kappa shape index (κ3) is 3.68. The quantitative estimate of drug-likeness (QED) is 0.839. The number of aliphatic hydroxyl groups is 2. The summed E-state index contributed by atoms with van der Waals surface area (Å²) in [7, 11) is 0. The topological polar surface area (TPSA) is 70.0 Å². The van der Waals surface area contributed by atoms with Crippen LogP contribution >= 0.6 is 0 Å². The maximum atomic E-state index is 12.9. The molecule has 2 atom stereocenters. The highest BCUT2D eigenvalue weighted by Crippen LogP contribution is 2.18. The second-order valence-electron chi connectivity index (χ2n) is 4.88. The average Bonchev–Trinajstić information content (AvgIpc) is 2.44. The zero-order chi connectivity index (χ0) is 14.5. The van der Waals surface area contributed by atoms with E-state index < -0.39 is 11.9 Å². The van der Waals surface area contributed by atoms with Crippen molar-refractivity contribution in [2.75, 3.05) is 26.3 Å². The molecule has 0 aliphatic carbocycles. The van der Waals surface area contributed by atoms with Crippen molar-refractivity contribution in [3.8, 4) is 5.75 Å². The van der Waals surface area contributed by atoms with E-state index >= 15 is 0 Å². The third-order valence-electron chi connectivity index (χ3n) is 3.47. The van der Waals surface area contributed by atoms with Crippen LogP contribution in [0.5, 0.6) is 5.75 Å². The molecule has 6 heteroatoms. The van der Waals surface area contributed by atoms with Crippen LogP contribution < -0.4 is 4.74 Å². The fourth-order valence-electron chi connectivity index (χ4n) is 2.21. The summed E-state index contributed by atoms with van der Waals surface area (Å²) < 4.78 is 18.2. The van der Waals surface area contributed by atoms with Crippen LogP contribution in [-0.4, -0.2) is 53.4 Å². The van der Waals surface area contributed by atoms with Crippen molar-refractivity contribution in [2.45, 2.75) is 12.5 Å². The van der Waals surface area contributed by atoms with Crippen LogP contribution in [0.3, 0.4) is 0 Å². The highest BCUT2D eigenvalue weighted by atomic mass is 19.1. The Bertz CT molecular complexity index is 468. The van der Waals surface area contributed by atoms with Crippen LogP contribution in [-0.2, 0) is 4.79 Å². The number of piperidine rings is 1. The first-order valence-corrected chi connectivity index (χ1v) is 6.55. The molecule has 0 radical (unpaired) electrons. The number of β-amino-alcohol motifs (C(OH)–C–C–N with tert-alkyl or cyclic N) is 1. The van der Waals surface area contributed by atoms with Crippen molar-refractivity contribution in [2.24, 2.45) is 5.92 Å². The van der Waals surface area contributed by atoms with Gasteiger partial charge < -0.3 is 19.8 Å². The minimum atomic E-state index is -0.716. The first-order valence-electron chi connectivity index (χ1n) is 6.55. The summed E-state index contributed by atoms with van der Waals surface area (Å²) in [5.74, 6) is -0.564. The number of hydrogen-bond donors (Lipinski definition) is 2. The molecule has 0 spiro atoms. The van der Waals surface area contributed by atoms with Crippen molar-refractivity contribution in [1.82, 2.24) is 4.90 Å². The SMILES string of the molecule is O=C(COc1cccc(F)c1)N1CC[C@H](CO)[C@H](O)C1. The van der Waals surface area contributed by atoms with Gasteiger partial charge in [0, 0.05) is 31.7 Å². The molecule has 1 aromatic rings. The van der Waals surface area contributed by atoms with Gasteiger partial charge in [0.25, 0.3) is 5.91 Å². The number of halogens is 1. The number of hydrogen-bond acceptors (Lipinski definition) is 4. The normalized spacial score (nSPS) is 22.6. The van der Waals surface area contributed by atoms with Gasteiger partial charge in [-0.1, -0.05) is 6.07 Å². The molecule has 1 fully saturated rings. The molecule has 1 aliphatic rings. The minimum Gasteiger partial charge on any atom is -0.484 e. The van der Waals surface area contributed by atoms with Crippen molar-refractivity contribution in [1.29, 1.82) is 0 Å². The third-order valence-corrected chi connectivity index (χ3v) is 3.47. The molecule has 0 unspecified atom stereocenters. The maximum Gasteiger partial charge on any atom is 0.260 e. The molecule has 1 aliphatic heterocycles. The van der Waals surface area contributed by atoms with Gasteiger partial charge in [-0.15, -0.1) is 0 Å².